The van der Waals surface area contributed by atoms with Crippen molar-refractivity contribution in [3.8, 4) is 5.75 Å². The van der Waals surface area contributed by atoms with Crippen LogP contribution in [0.5, 0.6) is 5.75 Å². The van der Waals surface area contributed by atoms with E-state index in [0.717, 1.165) is 6.08 Å². The first-order valence-electron chi connectivity index (χ1n) is 6.54. The number of ether oxygens (including phenoxy) is 3. The molecule has 0 aliphatic heterocycles. The summed E-state index contributed by atoms with van der Waals surface area (Å²) in [4.78, 5) is 10.5. The Morgan fingerprint density at radius 1 is 1.29 bits per heavy atom. The molecule has 0 saturated carbocycles. The molecular weight excluding hydrogens is 279 g/mol. The Labute approximate surface area is 122 Å². The molecule has 1 aromatic rings. The average Bonchev–Trinajstić information content (AvgIpc) is 2.46. The Morgan fingerprint density at radius 3 is 2.81 bits per heavy atom. The van der Waals surface area contributed by atoms with Crippen molar-refractivity contribution in [1.29, 1.82) is 0 Å². The molecule has 0 aliphatic carbocycles. The van der Waals surface area contributed by atoms with E-state index < -0.39 is 11.8 Å². The smallest absolute Gasteiger partial charge is 0.328 e. The summed E-state index contributed by atoms with van der Waals surface area (Å²) in [5, 5.41) is 8.60. The molecule has 1 aromatic carbocycles. The third kappa shape index (κ3) is 6.87. The minimum Gasteiger partial charge on any atom is -0.490 e. The zero-order chi connectivity index (χ0) is 15.5. The number of aliphatic carboxylic acids is 1. The number of carbonyl (C=O) groups is 1. The predicted octanol–water partition coefficient (Wildman–Crippen LogP) is 2.36. The number of carboxylic acid groups (broad SMARTS) is 1. The summed E-state index contributed by atoms with van der Waals surface area (Å²) in [6, 6.07) is 4.35. The van der Waals surface area contributed by atoms with Gasteiger partial charge in [-0.25, -0.2) is 9.18 Å². The summed E-state index contributed by atoms with van der Waals surface area (Å²) in [5.41, 5.74) is 0.387. The maximum Gasteiger partial charge on any atom is 0.328 e. The molecule has 0 heterocycles. The Hall–Kier alpha value is -1.92. The molecule has 0 saturated heterocycles. The zero-order valence-electron chi connectivity index (χ0n) is 11.9. The van der Waals surface area contributed by atoms with Crippen molar-refractivity contribution < 1.29 is 28.5 Å². The van der Waals surface area contributed by atoms with E-state index in [1.54, 1.807) is 13.2 Å². The highest BCUT2D eigenvalue weighted by Crippen LogP contribution is 2.24. The van der Waals surface area contributed by atoms with E-state index in [9.17, 15) is 9.18 Å². The van der Waals surface area contributed by atoms with Gasteiger partial charge in [0, 0.05) is 31.8 Å². The van der Waals surface area contributed by atoms with Gasteiger partial charge in [0.15, 0.2) is 11.6 Å². The lowest BCUT2D eigenvalue weighted by Crippen LogP contribution is -2.07. The second-order valence-electron chi connectivity index (χ2n) is 4.14. The molecule has 6 heteroatoms. The molecule has 0 fully saturated rings. The summed E-state index contributed by atoms with van der Waals surface area (Å²) in [6.07, 6.45) is 2.84. The molecule has 21 heavy (non-hydrogen) atoms. The van der Waals surface area contributed by atoms with Crippen LogP contribution >= 0.6 is 0 Å². The first-order valence-corrected chi connectivity index (χ1v) is 6.54. The van der Waals surface area contributed by atoms with Crippen LogP contribution in [0.4, 0.5) is 4.39 Å². The fraction of sp³-hybridized carbons (Fsp3) is 0.400. The van der Waals surface area contributed by atoms with Crippen LogP contribution in [0.15, 0.2) is 24.3 Å². The van der Waals surface area contributed by atoms with Crippen molar-refractivity contribution in [2.45, 2.75) is 6.42 Å². The third-order valence-electron chi connectivity index (χ3n) is 2.51. The van der Waals surface area contributed by atoms with Gasteiger partial charge in [0.1, 0.15) is 0 Å². The third-order valence-corrected chi connectivity index (χ3v) is 2.51. The molecule has 116 valence electrons. The lowest BCUT2D eigenvalue weighted by atomic mass is 10.2. The van der Waals surface area contributed by atoms with Crippen LogP contribution in [0, 0.1) is 5.82 Å². The summed E-state index contributed by atoms with van der Waals surface area (Å²) < 4.78 is 29.2. The standard InChI is InChI=1S/C15H19FO5/c1-19-10-11-20-8-3-9-21-15-12(6-7-14(17)18)4-2-5-13(15)16/h2,4-7H,3,8-11H2,1H3,(H,17,18)/b7-6+. The molecule has 0 unspecified atom stereocenters. The van der Waals surface area contributed by atoms with E-state index in [4.69, 9.17) is 19.3 Å². The normalized spacial score (nSPS) is 11.0. The number of benzene rings is 1. The molecule has 0 bridgehead atoms. The first-order chi connectivity index (χ1) is 10.1. The topological polar surface area (TPSA) is 65.0 Å². The number of rotatable bonds is 10. The van der Waals surface area contributed by atoms with Crippen LogP contribution in [-0.4, -0.2) is 44.6 Å². The minimum atomic E-state index is -1.10. The van der Waals surface area contributed by atoms with Gasteiger partial charge >= 0.3 is 5.97 Å². The number of para-hydroxylation sites is 1. The number of carboxylic acids is 1. The van der Waals surface area contributed by atoms with Crippen molar-refractivity contribution in [2.75, 3.05) is 33.5 Å². The Bertz CT molecular complexity index is 473. The quantitative estimate of drug-likeness (QED) is 0.530. The molecule has 0 radical (unpaired) electrons. The maximum atomic E-state index is 13.7. The van der Waals surface area contributed by atoms with Gasteiger partial charge < -0.3 is 19.3 Å². The molecule has 0 aromatic heterocycles. The van der Waals surface area contributed by atoms with Crippen LogP contribution < -0.4 is 4.74 Å². The highest BCUT2D eigenvalue weighted by atomic mass is 19.1. The first kappa shape index (κ1) is 17.1. The Kier molecular flexibility index (Phi) is 8.08. The van der Waals surface area contributed by atoms with Crippen molar-refractivity contribution >= 4 is 12.0 Å². The van der Waals surface area contributed by atoms with E-state index >= 15 is 0 Å². The summed E-state index contributed by atoms with van der Waals surface area (Å²) in [7, 11) is 1.59. The highest BCUT2D eigenvalue weighted by molar-refractivity contribution is 5.85. The largest absolute Gasteiger partial charge is 0.490 e. The molecule has 0 amide bonds. The van der Waals surface area contributed by atoms with E-state index in [2.05, 4.69) is 0 Å². The summed E-state index contributed by atoms with van der Waals surface area (Å²) >= 11 is 0. The van der Waals surface area contributed by atoms with Gasteiger partial charge in [-0.3, -0.25) is 0 Å². The molecule has 0 spiro atoms. The van der Waals surface area contributed by atoms with E-state index in [1.807, 2.05) is 0 Å². The van der Waals surface area contributed by atoms with Crippen molar-refractivity contribution in [3.05, 3.63) is 35.7 Å². The SMILES string of the molecule is COCCOCCCOc1c(F)cccc1/C=C/C(=O)O. The van der Waals surface area contributed by atoms with Gasteiger partial charge in [0.25, 0.3) is 0 Å². The van der Waals surface area contributed by atoms with Gasteiger partial charge in [-0.2, -0.15) is 0 Å². The molecule has 0 atom stereocenters. The number of halogens is 1. The summed E-state index contributed by atoms with van der Waals surface area (Å²) in [5.74, 6) is -1.58. The van der Waals surface area contributed by atoms with Crippen molar-refractivity contribution in [1.82, 2.24) is 0 Å². The monoisotopic (exact) mass is 298 g/mol. The van der Waals surface area contributed by atoms with Crippen LogP contribution in [0.1, 0.15) is 12.0 Å². The number of methoxy groups -OCH3 is 1. The average molecular weight is 298 g/mol. The van der Waals surface area contributed by atoms with Crippen LogP contribution in [-0.2, 0) is 14.3 Å². The van der Waals surface area contributed by atoms with E-state index in [0.29, 0.717) is 31.8 Å². The molecule has 0 aliphatic rings. The van der Waals surface area contributed by atoms with Crippen molar-refractivity contribution in [3.63, 3.8) is 0 Å². The van der Waals surface area contributed by atoms with Crippen LogP contribution in [0.3, 0.4) is 0 Å². The zero-order valence-corrected chi connectivity index (χ0v) is 11.9. The van der Waals surface area contributed by atoms with Gasteiger partial charge in [-0.1, -0.05) is 12.1 Å². The van der Waals surface area contributed by atoms with Gasteiger partial charge in [-0.05, 0) is 12.1 Å². The number of hydrogen-bond acceptors (Lipinski definition) is 4. The Balaban J connectivity index is 2.48. The van der Waals surface area contributed by atoms with Gasteiger partial charge in [0.2, 0.25) is 0 Å². The van der Waals surface area contributed by atoms with Crippen LogP contribution in [0.2, 0.25) is 0 Å². The molecule has 5 nitrogen and oxygen atoms in total. The maximum absolute atomic E-state index is 13.7. The highest BCUT2D eigenvalue weighted by Gasteiger charge is 2.08. The van der Waals surface area contributed by atoms with E-state index in [1.165, 1.54) is 18.2 Å². The number of hydrogen-bond donors (Lipinski definition) is 1. The van der Waals surface area contributed by atoms with Gasteiger partial charge in [0.05, 0.1) is 19.8 Å². The molecule has 1 rings (SSSR count). The lowest BCUT2D eigenvalue weighted by Gasteiger charge is -2.10. The Morgan fingerprint density at radius 2 is 2.10 bits per heavy atom. The van der Waals surface area contributed by atoms with Crippen LogP contribution in [0.25, 0.3) is 6.08 Å². The minimum absolute atomic E-state index is 0.0480. The fourth-order valence-electron chi connectivity index (χ4n) is 1.55. The summed E-state index contributed by atoms with van der Waals surface area (Å²) in [6.45, 7) is 1.79. The van der Waals surface area contributed by atoms with Gasteiger partial charge in [-0.15, -0.1) is 0 Å². The second kappa shape index (κ2) is 9.90. The molecule has 1 N–H and O–H groups in total. The second-order valence-corrected chi connectivity index (χ2v) is 4.14. The molecular formula is C15H19FO5. The predicted molar refractivity (Wildman–Crippen MR) is 75.9 cm³/mol. The van der Waals surface area contributed by atoms with E-state index in [-0.39, 0.29) is 12.4 Å². The fourth-order valence-corrected chi connectivity index (χ4v) is 1.55. The van der Waals surface area contributed by atoms with Crippen molar-refractivity contribution in [2.24, 2.45) is 0 Å². The lowest BCUT2D eigenvalue weighted by molar-refractivity contribution is -0.131.